The Balaban J connectivity index is 2.28. The Kier molecular flexibility index (Phi) is 5.30. The summed E-state index contributed by atoms with van der Waals surface area (Å²) in [4.78, 5) is 22.6. The zero-order chi connectivity index (χ0) is 19.6. The van der Waals surface area contributed by atoms with Crippen molar-refractivity contribution in [2.45, 2.75) is 31.7 Å². The Labute approximate surface area is 149 Å². The zero-order valence-corrected chi connectivity index (χ0v) is 15.1. The van der Waals surface area contributed by atoms with Crippen LogP contribution in [0.2, 0.25) is 0 Å². The summed E-state index contributed by atoms with van der Waals surface area (Å²) in [5, 5.41) is 27.1. The summed E-state index contributed by atoms with van der Waals surface area (Å²) in [5.74, 6) is -1.05. The lowest BCUT2D eigenvalue weighted by atomic mass is 10.2. The second-order valence-electron chi connectivity index (χ2n) is 5.58. The van der Waals surface area contributed by atoms with E-state index >= 15 is 0 Å². The molecule has 1 aromatic heterocycles. The van der Waals surface area contributed by atoms with Crippen LogP contribution in [0.3, 0.4) is 0 Å². The third kappa shape index (κ3) is 3.82. The molecule has 0 saturated heterocycles. The van der Waals surface area contributed by atoms with Crippen molar-refractivity contribution in [3.63, 3.8) is 0 Å². The first-order chi connectivity index (χ1) is 12.1. The van der Waals surface area contributed by atoms with Gasteiger partial charge in [0.1, 0.15) is 23.7 Å². The van der Waals surface area contributed by atoms with E-state index in [1.165, 1.54) is 32.9 Å². The van der Waals surface area contributed by atoms with E-state index in [1.807, 2.05) is 0 Å². The van der Waals surface area contributed by atoms with Crippen molar-refractivity contribution in [3.05, 3.63) is 40.2 Å². The quantitative estimate of drug-likeness (QED) is 0.440. The molecule has 0 aliphatic heterocycles. The molecule has 10 nitrogen and oxygen atoms in total. The highest BCUT2D eigenvalue weighted by molar-refractivity contribution is 7.91. The van der Waals surface area contributed by atoms with Crippen LogP contribution in [0.5, 0.6) is 5.75 Å². The number of carbonyl (C=O) groups is 1. The molecule has 2 rings (SSSR count). The number of anilines is 1. The second-order valence-corrected chi connectivity index (χ2v) is 7.86. The van der Waals surface area contributed by atoms with Crippen molar-refractivity contribution in [3.8, 4) is 5.75 Å². The lowest BCUT2D eigenvalue weighted by Crippen LogP contribution is -2.24. The topological polar surface area (TPSA) is 144 Å². The Hall–Kier alpha value is -2.95. The van der Waals surface area contributed by atoms with Crippen LogP contribution in [-0.2, 0) is 14.6 Å². The van der Waals surface area contributed by atoms with Gasteiger partial charge in [0.15, 0.2) is 9.84 Å². The largest absolute Gasteiger partial charge is 0.506 e. The van der Waals surface area contributed by atoms with Gasteiger partial charge in [0.25, 0.3) is 0 Å². The van der Waals surface area contributed by atoms with Gasteiger partial charge in [0.2, 0.25) is 5.91 Å². The summed E-state index contributed by atoms with van der Waals surface area (Å²) >= 11 is 0. The van der Waals surface area contributed by atoms with Crippen LogP contribution in [0.4, 0.5) is 11.4 Å². The molecule has 1 heterocycles. The molecular weight excluding hydrogens is 364 g/mol. The minimum atomic E-state index is -3.51. The molecule has 1 unspecified atom stereocenters. The molecule has 0 bridgehead atoms. The highest BCUT2D eigenvalue weighted by Gasteiger charge is 2.23. The number of sulfone groups is 1. The van der Waals surface area contributed by atoms with Gasteiger partial charge in [0, 0.05) is 0 Å². The van der Waals surface area contributed by atoms with Gasteiger partial charge in [0.05, 0.1) is 21.3 Å². The molecule has 140 valence electrons. The maximum absolute atomic E-state index is 12.4. The molecule has 0 fully saturated rings. The van der Waals surface area contributed by atoms with E-state index in [-0.39, 0.29) is 33.5 Å². The number of phenols is 1. The van der Waals surface area contributed by atoms with Gasteiger partial charge in [-0.3, -0.25) is 19.6 Å². The third-order valence-corrected chi connectivity index (χ3v) is 5.56. The van der Waals surface area contributed by atoms with Gasteiger partial charge >= 0.3 is 5.69 Å². The fourth-order valence-corrected chi connectivity index (χ4v) is 3.09. The average molecular weight is 382 g/mol. The zero-order valence-electron chi connectivity index (χ0n) is 14.3. The summed E-state index contributed by atoms with van der Waals surface area (Å²) in [6, 6.07) is 2.66. The first kappa shape index (κ1) is 19.4. The number of amides is 1. The average Bonchev–Trinajstić information content (AvgIpc) is 2.97. The van der Waals surface area contributed by atoms with E-state index in [9.17, 15) is 28.4 Å². The van der Waals surface area contributed by atoms with Gasteiger partial charge in [-0.25, -0.2) is 8.42 Å². The normalized spacial score (nSPS) is 12.6. The standard InChI is InChI=1S/C15H18N4O6S/c1-4-26(24,25)11-5-6-14(20)12(7-11)16-15(21)10(3)18-8-13(19(22)23)9(2)17-18/h5-8,10,20H,4H2,1-3H3,(H,16,21). The third-order valence-electron chi connectivity index (χ3n) is 3.83. The van der Waals surface area contributed by atoms with E-state index in [0.29, 0.717) is 0 Å². The van der Waals surface area contributed by atoms with Crippen LogP contribution in [0.15, 0.2) is 29.3 Å². The smallest absolute Gasteiger partial charge is 0.309 e. The van der Waals surface area contributed by atoms with E-state index in [4.69, 9.17) is 0 Å². The number of nitro groups is 1. The molecule has 0 spiro atoms. The first-order valence-corrected chi connectivity index (χ1v) is 9.28. The van der Waals surface area contributed by atoms with E-state index < -0.39 is 26.7 Å². The van der Waals surface area contributed by atoms with Crippen LogP contribution >= 0.6 is 0 Å². The molecule has 11 heteroatoms. The second kappa shape index (κ2) is 7.12. The van der Waals surface area contributed by atoms with Crippen LogP contribution < -0.4 is 5.32 Å². The summed E-state index contributed by atoms with van der Waals surface area (Å²) in [7, 11) is -3.51. The molecule has 2 N–H and O–H groups in total. The number of hydrogen-bond donors (Lipinski definition) is 2. The molecule has 0 aliphatic rings. The fourth-order valence-electron chi connectivity index (χ4n) is 2.18. The summed E-state index contributed by atoms with van der Waals surface area (Å²) in [6.45, 7) is 4.40. The number of aromatic nitrogens is 2. The number of hydrogen-bond acceptors (Lipinski definition) is 7. The number of nitrogens with one attached hydrogen (secondary N) is 1. The minimum Gasteiger partial charge on any atom is -0.506 e. The number of benzene rings is 1. The van der Waals surface area contributed by atoms with Gasteiger partial charge in [-0.2, -0.15) is 5.10 Å². The van der Waals surface area contributed by atoms with E-state index in [0.717, 1.165) is 16.9 Å². The Morgan fingerprint density at radius 1 is 1.46 bits per heavy atom. The van der Waals surface area contributed by atoms with Gasteiger partial charge in [-0.15, -0.1) is 0 Å². The molecule has 0 aliphatic carbocycles. The van der Waals surface area contributed by atoms with Crippen molar-refractivity contribution in [2.24, 2.45) is 0 Å². The van der Waals surface area contributed by atoms with Crippen LogP contribution in [-0.4, -0.2) is 39.9 Å². The highest BCUT2D eigenvalue weighted by atomic mass is 32.2. The molecule has 1 amide bonds. The number of carbonyl (C=O) groups excluding carboxylic acids is 1. The van der Waals surface area contributed by atoms with Crippen molar-refractivity contribution in [2.75, 3.05) is 11.1 Å². The molecular formula is C15H18N4O6S. The number of aromatic hydroxyl groups is 1. The monoisotopic (exact) mass is 382 g/mol. The Morgan fingerprint density at radius 3 is 2.65 bits per heavy atom. The predicted octanol–water partition coefficient (Wildman–Crippen LogP) is 1.80. The van der Waals surface area contributed by atoms with E-state index in [2.05, 4.69) is 10.4 Å². The summed E-state index contributed by atoms with van der Waals surface area (Å²) in [6.07, 6.45) is 1.14. The fraction of sp³-hybridized carbons (Fsp3) is 0.333. The molecule has 26 heavy (non-hydrogen) atoms. The maximum atomic E-state index is 12.4. The summed E-state index contributed by atoms with van der Waals surface area (Å²) in [5.41, 5.74) is -0.133. The Morgan fingerprint density at radius 2 is 2.12 bits per heavy atom. The lowest BCUT2D eigenvalue weighted by Gasteiger charge is -2.14. The molecule has 2 aromatic rings. The number of aryl methyl sites for hydroxylation is 1. The molecule has 0 radical (unpaired) electrons. The van der Waals surface area contributed by atoms with E-state index in [1.54, 1.807) is 0 Å². The van der Waals surface area contributed by atoms with Gasteiger partial charge in [-0.1, -0.05) is 6.92 Å². The van der Waals surface area contributed by atoms with Crippen LogP contribution in [0, 0.1) is 17.0 Å². The molecule has 0 saturated carbocycles. The predicted molar refractivity (Wildman–Crippen MR) is 92.8 cm³/mol. The van der Waals surface area contributed by atoms with Crippen molar-refractivity contribution >= 4 is 27.1 Å². The van der Waals surface area contributed by atoms with Crippen molar-refractivity contribution in [1.29, 1.82) is 0 Å². The van der Waals surface area contributed by atoms with Crippen molar-refractivity contribution in [1.82, 2.24) is 9.78 Å². The SMILES string of the molecule is CCS(=O)(=O)c1ccc(O)c(NC(=O)C(C)n2cc([N+](=O)[O-])c(C)n2)c1. The van der Waals surface area contributed by atoms with Gasteiger partial charge in [-0.05, 0) is 32.0 Å². The number of rotatable bonds is 6. The van der Waals surface area contributed by atoms with Crippen LogP contribution in [0.25, 0.3) is 0 Å². The lowest BCUT2D eigenvalue weighted by molar-refractivity contribution is -0.385. The number of nitrogens with zero attached hydrogens (tertiary/aromatic N) is 3. The first-order valence-electron chi connectivity index (χ1n) is 7.63. The van der Waals surface area contributed by atoms with Crippen LogP contribution in [0.1, 0.15) is 25.6 Å². The van der Waals surface area contributed by atoms with Gasteiger partial charge < -0.3 is 10.4 Å². The van der Waals surface area contributed by atoms with Crippen molar-refractivity contribution < 1.29 is 23.2 Å². The number of phenolic OH excluding ortho intramolecular Hbond substituents is 1. The molecule has 1 atom stereocenters. The highest BCUT2D eigenvalue weighted by Crippen LogP contribution is 2.28. The maximum Gasteiger partial charge on any atom is 0.309 e. The Bertz CT molecular complexity index is 967. The summed E-state index contributed by atoms with van der Waals surface area (Å²) < 4.78 is 25.0. The molecule has 1 aromatic carbocycles. The minimum absolute atomic E-state index is 0.0358.